The second-order valence-corrected chi connectivity index (χ2v) is 5.55. The molecule has 3 rings (SSSR count). The number of nitrogens with zero attached hydrogens (tertiary/aromatic N) is 3. The van der Waals surface area contributed by atoms with E-state index in [1.165, 1.54) is 13.5 Å². The maximum Gasteiger partial charge on any atom is 0.169 e. The van der Waals surface area contributed by atoms with Crippen LogP contribution in [0.2, 0.25) is 0 Å². The van der Waals surface area contributed by atoms with Crippen LogP contribution in [-0.2, 0) is 6.54 Å². The van der Waals surface area contributed by atoms with Crippen LogP contribution in [0.3, 0.4) is 0 Å². The Kier molecular flexibility index (Phi) is 4.63. The van der Waals surface area contributed by atoms with E-state index < -0.39 is 0 Å². The summed E-state index contributed by atoms with van der Waals surface area (Å²) < 4.78 is 19.5. The molecule has 2 heterocycles. The molecular weight excluding hydrogens is 281 g/mol. The summed E-state index contributed by atoms with van der Waals surface area (Å²) in [6.07, 6.45) is 6.69. The molecule has 1 aromatic carbocycles. The van der Waals surface area contributed by atoms with Crippen molar-refractivity contribution in [1.29, 1.82) is 0 Å². The normalized spacial score (nSPS) is 19.1. The molecule has 0 bridgehead atoms. The summed E-state index contributed by atoms with van der Waals surface area (Å²) in [4.78, 5) is 10.7. The van der Waals surface area contributed by atoms with Crippen LogP contribution in [0.4, 0.5) is 4.39 Å². The average Bonchev–Trinajstić information content (AvgIpc) is 2.58. The van der Waals surface area contributed by atoms with Gasteiger partial charge in [0.05, 0.1) is 18.8 Å². The fourth-order valence-corrected chi connectivity index (χ4v) is 3.07. The van der Waals surface area contributed by atoms with Crippen LogP contribution < -0.4 is 4.74 Å². The molecule has 1 unspecified atom stereocenters. The van der Waals surface area contributed by atoms with E-state index in [9.17, 15) is 4.39 Å². The molecule has 1 aromatic heterocycles. The van der Waals surface area contributed by atoms with E-state index in [-0.39, 0.29) is 11.9 Å². The zero-order valence-corrected chi connectivity index (χ0v) is 12.7. The van der Waals surface area contributed by atoms with Gasteiger partial charge >= 0.3 is 0 Å². The molecule has 1 aliphatic rings. The standard InChI is InChI=1S/C17H20FN3O/c1-22-16-7-4-5-13(17(16)18)11-21-10-3-2-6-15(21)14-8-9-19-12-20-14/h4-5,7-9,12,15H,2-3,6,10-11H2,1H3. The fraction of sp³-hybridized carbons (Fsp3) is 0.412. The van der Waals surface area contributed by atoms with E-state index in [0.717, 1.165) is 25.1 Å². The van der Waals surface area contributed by atoms with Crippen LogP contribution >= 0.6 is 0 Å². The van der Waals surface area contributed by atoms with Gasteiger partial charge in [0.15, 0.2) is 11.6 Å². The number of halogens is 1. The molecule has 0 radical (unpaired) electrons. The van der Waals surface area contributed by atoms with Crippen molar-refractivity contribution in [2.24, 2.45) is 0 Å². The first-order valence-corrected chi connectivity index (χ1v) is 7.61. The number of aromatic nitrogens is 2. The largest absolute Gasteiger partial charge is 0.494 e. The molecule has 2 aromatic rings. The highest BCUT2D eigenvalue weighted by Crippen LogP contribution is 2.32. The van der Waals surface area contributed by atoms with E-state index in [1.54, 1.807) is 18.6 Å². The zero-order valence-electron chi connectivity index (χ0n) is 12.7. The van der Waals surface area contributed by atoms with Crippen molar-refractivity contribution in [2.45, 2.75) is 31.8 Å². The first-order chi connectivity index (χ1) is 10.8. The minimum atomic E-state index is -0.267. The smallest absolute Gasteiger partial charge is 0.169 e. The third kappa shape index (κ3) is 3.09. The van der Waals surface area contributed by atoms with Crippen LogP contribution in [0.15, 0.2) is 36.8 Å². The van der Waals surface area contributed by atoms with Gasteiger partial charge < -0.3 is 4.74 Å². The number of hydrogen-bond acceptors (Lipinski definition) is 4. The van der Waals surface area contributed by atoms with E-state index in [2.05, 4.69) is 14.9 Å². The monoisotopic (exact) mass is 301 g/mol. The Bertz CT molecular complexity index is 621. The maximum absolute atomic E-state index is 14.4. The summed E-state index contributed by atoms with van der Waals surface area (Å²) in [5, 5.41) is 0. The van der Waals surface area contributed by atoms with Crippen molar-refractivity contribution in [1.82, 2.24) is 14.9 Å². The molecular formula is C17H20FN3O. The number of likely N-dealkylation sites (tertiary alicyclic amines) is 1. The zero-order chi connectivity index (χ0) is 15.4. The summed E-state index contributed by atoms with van der Waals surface area (Å²) in [6.45, 7) is 1.52. The van der Waals surface area contributed by atoms with Gasteiger partial charge in [0.25, 0.3) is 0 Å². The number of rotatable bonds is 4. The van der Waals surface area contributed by atoms with Gasteiger partial charge in [0, 0.05) is 18.3 Å². The van der Waals surface area contributed by atoms with Crippen LogP contribution in [0.1, 0.15) is 36.6 Å². The number of piperidine rings is 1. The van der Waals surface area contributed by atoms with Crippen molar-refractivity contribution < 1.29 is 9.13 Å². The molecule has 22 heavy (non-hydrogen) atoms. The quantitative estimate of drug-likeness (QED) is 0.868. The van der Waals surface area contributed by atoms with Gasteiger partial charge in [-0.2, -0.15) is 0 Å². The molecule has 1 atom stereocenters. The molecule has 116 valence electrons. The van der Waals surface area contributed by atoms with Crippen molar-refractivity contribution in [3.63, 3.8) is 0 Å². The predicted octanol–water partition coefficient (Wildman–Crippen LogP) is 3.35. The van der Waals surface area contributed by atoms with Gasteiger partial charge in [-0.3, -0.25) is 4.90 Å². The number of ether oxygens (including phenoxy) is 1. The van der Waals surface area contributed by atoms with Gasteiger partial charge in [-0.15, -0.1) is 0 Å². The first kappa shape index (κ1) is 14.9. The van der Waals surface area contributed by atoms with Gasteiger partial charge in [-0.05, 0) is 31.5 Å². The van der Waals surface area contributed by atoms with E-state index in [4.69, 9.17) is 4.74 Å². The number of benzene rings is 1. The number of methoxy groups -OCH3 is 1. The Morgan fingerprint density at radius 3 is 3.00 bits per heavy atom. The summed E-state index contributed by atoms with van der Waals surface area (Å²) in [5.41, 5.74) is 1.68. The third-order valence-corrected chi connectivity index (χ3v) is 4.20. The summed E-state index contributed by atoms with van der Waals surface area (Å²) in [7, 11) is 1.49. The lowest BCUT2D eigenvalue weighted by Crippen LogP contribution is -2.33. The third-order valence-electron chi connectivity index (χ3n) is 4.20. The fourth-order valence-electron chi connectivity index (χ4n) is 3.07. The van der Waals surface area contributed by atoms with Crippen LogP contribution in [0.25, 0.3) is 0 Å². The molecule has 1 fully saturated rings. The van der Waals surface area contributed by atoms with E-state index in [0.29, 0.717) is 17.9 Å². The van der Waals surface area contributed by atoms with Crippen LogP contribution in [0.5, 0.6) is 5.75 Å². The predicted molar refractivity (Wildman–Crippen MR) is 82.0 cm³/mol. The van der Waals surface area contributed by atoms with Crippen molar-refractivity contribution >= 4 is 0 Å². The molecule has 0 amide bonds. The number of hydrogen-bond donors (Lipinski definition) is 0. The second-order valence-electron chi connectivity index (χ2n) is 5.55. The molecule has 1 saturated heterocycles. The van der Waals surface area contributed by atoms with Crippen molar-refractivity contribution in [3.05, 3.63) is 53.9 Å². The van der Waals surface area contributed by atoms with Gasteiger partial charge in [-0.1, -0.05) is 18.6 Å². The van der Waals surface area contributed by atoms with Crippen LogP contribution in [-0.4, -0.2) is 28.5 Å². The minimum absolute atomic E-state index is 0.224. The maximum atomic E-state index is 14.4. The summed E-state index contributed by atoms with van der Waals surface area (Å²) in [5.74, 6) is 0.0325. The van der Waals surface area contributed by atoms with Crippen molar-refractivity contribution in [3.8, 4) is 5.75 Å². The first-order valence-electron chi connectivity index (χ1n) is 7.61. The Balaban J connectivity index is 1.83. The Labute approximate surface area is 130 Å². The molecule has 5 heteroatoms. The van der Waals surface area contributed by atoms with Crippen LogP contribution in [0, 0.1) is 5.82 Å². The lowest BCUT2D eigenvalue weighted by atomic mass is 9.98. The van der Waals surface area contributed by atoms with Gasteiger partial charge in [-0.25, -0.2) is 14.4 Å². The van der Waals surface area contributed by atoms with Crippen molar-refractivity contribution in [2.75, 3.05) is 13.7 Å². The van der Waals surface area contributed by atoms with Gasteiger partial charge in [0.1, 0.15) is 6.33 Å². The Morgan fingerprint density at radius 1 is 1.32 bits per heavy atom. The lowest BCUT2D eigenvalue weighted by Gasteiger charge is -2.35. The molecule has 1 aliphatic heterocycles. The Morgan fingerprint density at radius 2 is 2.23 bits per heavy atom. The SMILES string of the molecule is COc1cccc(CN2CCCCC2c2ccncn2)c1F. The highest BCUT2D eigenvalue weighted by atomic mass is 19.1. The molecule has 0 aliphatic carbocycles. The summed E-state index contributed by atoms with van der Waals surface area (Å²) in [6, 6.07) is 7.48. The highest BCUT2D eigenvalue weighted by molar-refractivity contribution is 5.31. The van der Waals surface area contributed by atoms with E-state index in [1.807, 2.05) is 18.2 Å². The Hall–Kier alpha value is -2.01. The molecule has 0 N–H and O–H groups in total. The molecule has 0 spiro atoms. The summed E-state index contributed by atoms with van der Waals surface area (Å²) >= 11 is 0. The molecule has 4 nitrogen and oxygen atoms in total. The molecule has 0 saturated carbocycles. The lowest BCUT2D eigenvalue weighted by molar-refractivity contribution is 0.135. The van der Waals surface area contributed by atoms with Gasteiger partial charge in [0.2, 0.25) is 0 Å². The second kappa shape index (κ2) is 6.83. The highest BCUT2D eigenvalue weighted by Gasteiger charge is 2.26. The topological polar surface area (TPSA) is 38.2 Å². The van der Waals surface area contributed by atoms with E-state index >= 15 is 0 Å². The average molecular weight is 301 g/mol. The minimum Gasteiger partial charge on any atom is -0.494 e.